The highest BCUT2D eigenvalue weighted by molar-refractivity contribution is 8.00. The van der Waals surface area contributed by atoms with Crippen molar-refractivity contribution >= 4 is 23.6 Å². The lowest BCUT2D eigenvalue weighted by molar-refractivity contribution is -0.132. The van der Waals surface area contributed by atoms with Crippen LogP contribution in [-0.2, 0) is 9.59 Å². The number of carbonyl (C=O) groups excluding carboxylic acids is 2. The first-order valence-electron chi connectivity index (χ1n) is 5.11. The smallest absolute Gasteiger partial charge is 0.239 e. The van der Waals surface area contributed by atoms with E-state index >= 15 is 0 Å². The van der Waals surface area contributed by atoms with Crippen molar-refractivity contribution in [2.75, 3.05) is 31.3 Å². The van der Waals surface area contributed by atoms with Gasteiger partial charge in [-0.3, -0.25) is 9.59 Å². The molecule has 2 aliphatic rings. The minimum atomic E-state index is -0.0421. The average Bonchev–Trinajstić information content (AvgIpc) is 2.79. The number of carbonyl (C=O) groups is 2. The van der Waals surface area contributed by atoms with Gasteiger partial charge in [0.2, 0.25) is 11.8 Å². The van der Waals surface area contributed by atoms with Gasteiger partial charge in [0, 0.05) is 12.6 Å². The first kappa shape index (κ1) is 10.8. The van der Waals surface area contributed by atoms with E-state index in [1.807, 2.05) is 0 Å². The molecule has 2 aliphatic heterocycles. The highest BCUT2D eigenvalue weighted by atomic mass is 32.2. The second-order valence-corrected chi connectivity index (χ2v) is 4.78. The fourth-order valence-corrected chi connectivity index (χ4v) is 2.67. The van der Waals surface area contributed by atoms with Gasteiger partial charge >= 0.3 is 0 Å². The van der Waals surface area contributed by atoms with E-state index in [0.29, 0.717) is 11.6 Å². The molecule has 0 aromatic carbocycles. The van der Waals surface area contributed by atoms with E-state index in [-0.39, 0.29) is 24.4 Å². The zero-order chi connectivity index (χ0) is 10.7. The molecule has 0 spiro atoms. The highest BCUT2D eigenvalue weighted by Crippen LogP contribution is 2.13. The monoisotopic (exact) mass is 229 g/mol. The molecule has 2 saturated heterocycles. The van der Waals surface area contributed by atoms with Gasteiger partial charge in [0.15, 0.2) is 0 Å². The predicted octanol–water partition coefficient (Wildman–Crippen LogP) is -1.00. The number of nitrogens with zero attached hydrogens (tertiary/aromatic N) is 1. The Morgan fingerprint density at radius 2 is 2.53 bits per heavy atom. The first-order chi connectivity index (χ1) is 7.25. The van der Waals surface area contributed by atoms with Gasteiger partial charge in [-0.05, 0) is 13.0 Å². The van der Waals surface area contributed by atoms with Crippen LogP contribution in [0.1, 0.15) is 6.42 Å². The Hall–Kier alpha value is -0.750. The van der Waals surface area contributed by atoms with Crippen LogP contribution in [0.25, 0.3) is 0 Å². The Labute approximate surface area is 93.0 Å². The predicted molar refractivity (Wildman–Crippen MR) is 58.5 cm³/mol. The summed E-state index contributed by atoms with van der Waals surface area (Å²) < 4.78 is 0. The average molecular weight is 229 g/mol. The summed E-state index contributed by atoms with van der Waals surface area (Å²) in [4.78, 5) is 24.4. The zero-order valence-electron chi connectivity index (χ0n) is 8.49. The van der Waals surface area contributed by atoms with E-state index in [1.54, 1.807) is 16.7 Å². The van der Waals surface area contributed by atoms with E-state index in [1.165, 1.54) is 0 Å². The van der Waals surface area contributed by atoms with Gasteiger partial charge in [-0.1, -0.05) is 0 Å². The Kier molecular flexibility index (Phi) is 3.48. The van der Waals surface area contributed by atoms with Crippen LogP contribution in [-0.4, -0.2) is 54.0 Å². The summed E-state index contributed by atoms with van der Waals surface area (Å²) in [7, 11) is 0. The van der Waals surface area contributed by atoms with E-state index in [0.717, 1.165) is 19.5 Å². The molecule has 1 unspecified atom stereocenters. The molecule has 5 nitrogen and oxygen atoms in total. The molecule has 15 heavy (non-hydrogen) atoms. The van der Waals surface area contributed by atoms with Gasteiger partial charge in [0.1, 0.15) is 6.54 Å². The molecule has 6 heteroatoms. The van der Waals surface area contributed by atoms with Gasteiger partial charge < -0.3 is 15.5 Å². The van der Waals surface area contributed by atoms with E-state index in [4.69, 9.17) is 0 Å². The second kappa shape index (κ2) is 4.85. The lowest BCUT2D eigenvalue weighted by atomic mass is 10.2. The van der Waals surface area contributed by atoms with Gasteiger partial charge in [-0.25, -0.2) is 0 Å². The number of hydrogen-bond acceptors (Lipinski definition) is 4. The molecule has 1 atom stereocenters. The van der Waals surface area contributed by atoms with Gasteiger partial charge in [-0.2, -0.15) is 0 Å². The van der Waals surface area contributed by atoms with Gasteiger partial charge in [0.05, 0.1) is 11.6 Å². The topological polar surface area (TPSA) is 61.4 Å². The maximum Gasteiger partial charge on any atom is 0.239 e. The van der Waals surface area contributed by atoms with E-state index < -0.39 is 0 Å². The molecule has 0 saturated carbocycles. The molecule has 2 fully saturated rings. The molecule has 0 aromatic rings. The normalized spacial score (nSPS) is 26.0. The standard InChI is InChI=1S/C9H15N3O2S/c13-8(11-7-1-2-10-3-7)4-12-6-15-5-9(12)14/h7,10H,1-6H2,(H,11,13). The summed E-state index contributed by atoms with van der Waals surface area (Å²) in [5.41, 5.74) is 0. The summed E-state index contributed by atoms with van der Waals surface area (Å²) in [6.07, 6.45) is 0.981. The summed E-state index contributed by atoms with van der Waals surface area (Å²) in [6, 6.07) is 0.239. The SMILES string of the molecule is O=C(CN1CSCC1=O)NC1CCNC1. The molecule has 0 radical (unpaired) electrons. The van der Waals surface area contributed by atoms with Crippen LogP contribution in [0.2, 0.25) is 0 Å². The molecular formula is C9H15N3O2S. The van der Waals surface area contributed by atoms with Crippen LogP contribution < -0.4 is 10.6 Å². The van der Waals surface area contributed by atoms with Crippen molar-refractivity contribution in [3.8, 4) is 0 Å². The quantitative estimate of drug-likeness (QED) is 0.651. The van der Waals surface area contributed by atoms with Crippen LogP contribution in [0, 0.1) is 0 Å². The molecule has 2 amide bonds. The van der Waals surface area contributed by atoms with Crippen LogP contribution in [0.3, 0.4) is 0 Å². The number of rotatable bonds is 3. The molecular weight excluding hydrogens is 214 g/mol. The Morgan fingerprint density at radius 1 is 1.67 bits per heavy atom. The van der Waals surface area contributed by atoms with Crippen LogP contribution in [0.4, 0.5) is 0 Å². The van der Waals surface area contributed by atoms with Crippen molar-refractivity contribution in [3.05, 3.63) is 0 Å². The summed E-state index contributed by atoms with van der Waals surface area (Å²) in [5, 5.41) is 6.10. The van der Waals surface area contributed by atoms with Crippen molar-refractivity contribution in [1.29, 1.82) is 0 Å². The molecule has 2 rings (SSSR count). The molecule has 0 aliphatic carbocycles. The third-order valence-electron chi connectivity index (χ3n) is 2.59. The minimum Gasteiger partial charge on any atom is -0.351 e. The van der Waals surface area contributed by atoms with E-state index in [2.05, 4.69) is 10.6 Å². The molecule has 2 heterocycles. The minimum absolute atomic E-state index is 0.0421. The van der Waals surface area contributed by atoms with Crippen LogP contribution in [0.5, 0.6) is 0 Å². The summed E-state index contributed by atoms with van der Waals surface area (Å²) in [5.74, 6) is 1.19. The van der Waals surface area contributed by atoms with Crippen molar-refractivity contribution < 1.29 is 9.59 Å². The van der Waals surface area contributed by atoms with Crippen molar-refractivity contribution in [3.63, 3.8) is 0 Å². The third kappa shape index (κ3) is 2.85. The van der Waals surface area contributed by atoms with Crippen LogP contribution >= 0.6 is 11.8 Å². The van der Waals surface area contributed by atoms with Crippen molar-refractivity contribution in [2.45, 2.75) is 12.5 Å². The fraction of sp³-hybridized carbons (Fsp3) is 0.778. The second-order valence-electron chi connectivity index (χ2n) is 3.83. The summed E-state index contributed by atoms with van der Waals surface area (Å²) >= 11 is 1.56. The largest absolute Gasteiger partial charge is 0.351 e. The maximum absolute atomic E-state index is 11.6. The number of nitrogens with one attached hydrogen (secondary N) is 2. The van der Waals surface area contributed by atoms with Crippen molar-refractivity contribution in [1.82, 2.24) is 15.5 Å². The van der Waals surface area contributed by atoms with Gasteiger partial charge in [-0.15, -0.1) is 11.8 Å². The number of amides is 2. The summed E-state index contributed by atoms with van der Waals surface area (Å²) in [6.45, 7) is 2.01. The first-order valence-corrected chi connectivity index (χ1v) is 6.27. The zero-order valence-corrected chi connectivity index (χ0v) is 9.31. The Morgan fingerprint density at radius 3 is 3.13 bits per heavy atom. The van der Waals surface area contributed by atoms with Crippen LogP contribution in [0.15, 0.2) is 0 Å². The fourth-order valence-electron chi connectivity index (χ4n) is 1.76. The molecule has 0 aromatic heterocycles. The number of hydrogen-bond donors (Lipinski definition) is 2. The molecule has 2 N–H and O–H groups in total. The number of thioether (sulfide) groups is 1. The lowest BCUT2D eigenvalue weighted by Crippen LogP contribution is -2.43. The third-order valence-corrected chi connectivity index (χ3v) is 3.53. The molecule has 84 valence electrons. The van der Waals surface area contributed by atoms with Crippen molar-refractivity contribution in [2.24, 2.45) is 0 Å². The lowest BCUT2D eigenvalue weighted by Gasteiger charge is -2.16. The van der Waals surface area contributed by atoms with E-state index in [9.17, 15) is 9.59 Å². The highest BCUT2D eigenvalue weighted by Gasteiger charge is 2.24. The maximum atomic E-state index is 11.6. The Bertz CT molecular complexity index is 266. The molecule has 0 bridgehead atoms. The Balaban J connectivity index is 1.74. The van der Waals surface area contributed by atoms with Gasteiger partial charge in [0.25, 0.3) is 0 Å².